The number of hydrogen-bond acceptors (Lipinski definition) is 3. The first-order valence-corrected chi connectivity index (χ1v) is 10.7. The van der Waals surface area contributed by atoms with Gasteiger partial charge < -0.3 is 19.9 Å². The Morgan fingerprint density at radius 2 is 2.07 bits per heavy atom. The molecule has 1 unspecified atom stereocenters. The van der Waals surface area contributed by atoms with Gasteiger partial charge in [-0.05, 0) is 81.2 Å². The van der Waals surface area contributed by atoms with E-state index in [9.17, 15) is 0 Å². The van der Waals surface area contributed by atoms with Crippen molar-refractivity contribution in [3.05, 3.63) is 53.3 Å². The van der Waals surface area contributed by atoms with Gasteiger partial charge in [0.1, 0.15) is 11.6 Å². The van der Waals surface area contributed by atoms with Crippen molar-refractivity contribution in [2.45, 2.75) is 39.5 Å². The molecule has 2 heterocycles. The molecule has 0 spiro atoms. The molecule has 1 aromatic heterocycles. The van der Waals surface area contributed by atoms with E-state index in [1.807, 2.05) is 31.2 Å². The first-order valence-electron chi connectivity index (χ1n) is 10.3. The molecule has 5 nitrogen and oxygen atoms in total. The molecule has 1 saturated heterocycles. The fourth-order valence-corrected chi connectivity index (χ4v) is 4.19. The van der Waals surface area contributed by atoms with Crippen molar-refractivity contribution < 1.29 is 4.74 Å². The summed E-state index contributed by atoms with van der Waals surface area (Å²) in [6.45, 7) is 8.71. The number of rotatable bonds is 4. The topological polar surface area (TPSA) is 53.2 Å². The Morgan fingerprint density at radius 3 is 2.90 bits per heavy atom. The van der Waals surface area contributed by atoms with Gasteiger partial charge in [-0.1, -0.05) is 12.1 Å². The Bertz CT molecular complexity index is 990. The summed E-state index contributed by atoms with van der Waals surface area (Å²) in [5, 5.41) is 4.12. The van der Waals surface area contributed by atoms with Crippen molar-refractivity contribution in [1.29, 1.82) is 0 Å². The van der Waals surface area contributed by atoms with Gasteiger partial charge in [0.2, 0.25) is 0 Å². The standard InChI is InChI=1S/C23H28N4OS/c1-4-28-21-10-6-5-9-18(21)26-23(29)27-11-7-8-17(14-27)22-24-19-12-15(2)16(3)13-20(19)25-22/h5-6,9-10,12-13,17H,4,7-8,11,14H2,1-3H3,(H,24,25)(H,26,29). The van der Waals surface area contributed by atoms with Gasteiger partial charge in [-0.2, -0.15) is 0 Å². The number of piperidine rings is 1. The van der Waals surface area contributed by atoms with Crippen LogP contribution >= 0.6 is 12.2 Å². The number of nitrogens with one attached hydrogen (secondary N) is 2. The monoisotopic (exact) mass is 408 g/mol. The molecular formula is C23H28N4OS. The lowest BCUT2D eigenvalue weighted by Crippen LogP contribution is -2.41. The molecule has 1 atom stereocenters. The molecule has 1 fully saturated rings. The zero-order valence-electron chi connectivity index (χ0n) is 17.3. The van der Waals surface area contributed by atoms with Crippen LogP contribution in [0.5, 0.6) is 5.75 Å². The van der Waals surface area contributed by atoms with Crippen LogP contribution in [-0.4, -0.2) is 39.7 Å². The molecule has 6 heteroatoms. The van der Waals surface area contributed by atoms with Crippen LogP contribution in [0.2, 0.25) is 0 Å². The Balaban J connectivity index is 1.49. The quantitative estimate of drug-likeness (QED) is 0.585. The lowest BCUT2D eigenvalue weighted by Gasteiger charge is -2.34. The lowest BCUT2D eigenvalue weighted by molar-refractivity contribution is 0.306. The van der Waals surface area contributed by atoms with E-state index in [1.165, 1.54) is 11.1 Å². The Kier molecular flexibility index (Phi) is 5.72. The zero-order valence-corrected chi connectivity index (χ0v) is 18.1. The van der Waals surface area contributed by atoms with E-state index in [4.69, 9.17) is 21.9 Å². The second-order valence-corrected chi connectivity index (χ2v) is 8.11. The van der Waals surface area contributed by atoms with E-state index in [1.54, 1.807) is 0 Å². The summed E-state index contributed by atoms with van der Waals surface area (Å²) >= 11 is 5.73. The number of aryl methyl sites for hydroxylation is 2. The first-order chi connectivity index (χ1) is 14.0. The zero-order chi connectivity index (χ0) is 20.4. The molecule has 4 rings (SSSR count). The summed E-state index contributed by atoms with van der Waals surface area (Å²) in [6.07, 6.45) is 2.21. The number of anilines is 1. The van der Waals surface area contributed by atoms with Crippen LogP contribution in [0.4, 0.5) is 5.69 Å². The van der Waals surface area contributed by atoms with E-state index in [0.717, 1.165) is 59.3 Å². The number of aromatic amines is 1. The van der Waals surface area contributed by atoms with Crippen LogP contribution in [0.25, 0.3) is 11.0 Å². The second-order valence-electron chi connectivity index (χ2n) is 7.72. The van der Waals surface area contributed by atoms with E-state index >= 15 is 0 Å². The van der Waals surface area contributed by atoms with Crippen LogP contribution in [0.1, 0.15) is 42.6 Å². The Hall–Kier alpha value is -2.60. The smallest absolute Gasteiger partial charge is 0.173 e. The minimum absolute atomic E-state index is 0.346. The van der Waals surface area contributed by atoms with Crippen LogP contribution in [0, 0.1) is 13.8 Å². The molecule has 1 aliphatic rings. The van der Waals surface area contributed by atoms with Gasteiger partial charge in [0, 0.05) is 19.0 Å². The molecule has 29 heavy (non-hydrogen) atoms. The second kappa shape index (κ2) is 8.41. The summed E-state index contributed by atoms with van der Waals surface area (Å²) in [7, 11) is 0. The van der Waals surface area contributed by atoms with Crippen molar-refractivity contribution in [2.24, 2.45) is 0 Å². The van der Waals surface area contributed by atoms with Gasteiger partial charge in [0.25, 0.3) is 0 Å². The van der Waals surface area contributed by atoms with Gasteiger partial charge in [-0.25, -0.2) is 4.98 Å². The van der Waals surface area contributed by atoms with Crippen molar-refractivity contribution in [1.82, 2.24) is 14.9 Å². The van der Waals surface area contributed by atoms with Gasteiger partial charge >= 0.3 is 0 Å². The average Bonchev–Trinajstić information content (AvgIpc) is 3.13. The summed E-state index contributed by atoms with van der Waals surface area (Å²) in [6, 6.07) is 12.3. The number of nitrogens with zero attached hydrogens (tertiary/aromatic N) is 2. The number of ether oxygens (including phenoxy) is 1. The maximum Gasteiger partial charge on any atom is 0.173 e. The van der Waals surface area contributed by atoms with Crippen molar-refractivity contribution in [3.8, 4) is 5.75 Å². The number of benzene rings is 2. The predicted molar refractivity (Wildman–Crippen MR) is 123 cm³/mol. The molecule has 2 aromatic carbocycles. The Labute approximate surface area is 177 Å². The third-order valence-electron chi connectivity index (χ3n) is 5.64. The lowest BCUT2D eigenvalue weighted by atomic mass is 9.98. The molecule has 152 valence electrons. The number of H-pyrrole nitrogens is 1. The van der Waals surface area contributed by atoms with Crippen LogP contribution in [0.15, 0.2) is 36.4 Å². The van der Waals surface area contributed by atoms with Crippen LogP contribution < -0.4 is 10.1 Å². The third kappa shape index (κ3) is 4.22. The highest BCUT2D eigenvalue weighted by molar-refractivity contribution is 7.80. The van der Waals surface area contributed by atoms with E-state index < -0.39 is 0 Å². The number of para-hydroxylation sites is 2. The molecule has 2 N–H and O–H groups in total. The van der Waals surface area contributed by atoms with Gasteiger partial charge in [0.05, 0.1) is 23.3 Å². The SMILES string of the molecule is CCOc1ccccc1NC(=S)N1CCCC(c2nc3cc(C)c(C)cc3[nH]2)C1. The highest BCUT2D eigenvalue weighted by atomic mass is 32.1. The highest BCUT2D eigenvalue weighted by Crippen LogP contribution is 2.29. The summed E-state index contributed by atoms with van der Waals surface area (Å²) in [5.41, 5.74) is 5.64. The molecule has 1 aliphatic heterocycles. The minimum atomic E-state index is 0.346. The molecule has 0 aliphatic carbocycles. The number of aromatic nitrogens is 2. The first kappa shape index (κ1) is 19.7. The molecule has 0 saturated carbocycles. The summed E-state index contributed by atoms with van der Waals surface area (Å²) in [4.78, 5) is 10.7. The number of fused-ring (bicyclic) bond motifs is 1. The van der Waals surface area contributed by atoms with Gasteiger partial charge in [-0.3, -0.25) is 0 Å². The molecule has 3 aromatic rings. The van der Waals surface area contributed by atoms with Gasteiger partial charge in [-0.15, -0.1) is 0 Å². The van der Waals surface area contributed by atoms with Crippen LogP contribution in [-0.2, 0) is 0 Å². The van der Waals surface area contributed by atoms with Crippen molar-refractivity contribution >= 4 is 34.1 Å². The van der Waals surface area contributed by atoms with E-state index in [2.05, 4.69) is 41.2 Å². The molecule has 0 radical (unpaired) electrons. The van der Waals surface area contributed by atoms with E-state index in [-0.39, 0.29) is 0 Å². The minimum Gasteiger partial charge on any atom is -0.492 e. The van der Waals surface area contributed by atoms with Crippen molar-refractivity contribution in [3.63, 3.8) is 0 Å². The number of imidazole rings is 1. The van der Waals surface area contributed by atoms with Crippen molar-refractivity contribution in [2.75, 3.05) is 25.0 Å². The molecular weight excluding hydrogens is 380 g/mol. The number of likely N-dealkylation sites (tertiary alicyclic amines) is 1. The highest BCUT2D eigenvalue weighted by Gasteiger charge is 2.25. The largest absolute Gasteiger partial charge is 0.492 e. The summed E-state index contributed by atoms with van der Waals surface area (Å²) < 4.78 is 5.71. The normalized spacial score (nSPS) is 16.8. The number of hydrogen-bond donors (Lipinski definition) is 2. The van der Waals surface area contributed by atoms with Crippen LogP contribution in [0.3, 0.4) is 0 Å². The molecule has 0 amide bonds. The summed E-state index contributed by atoms with van der Waals surface area (Å²) in [5.74, 6) is 2.24. The maximum absolute atomic E-state index is 5.73. The fraction of sp³-hybridized carbons (Fsp3) is 0.391. The van der Waals surface area contributed by atoms with Gasteiger partial charge in [0.15, 0.2) is 5.11 Å². The average molecular weight is 409 g/mol. The Morgan fingerprint density at radius 1 is 1.28 bits per heavy atom. The number of thiocarbonyl (C=S) groups is 1. The maximum atomic E-state index is 5.73. The third-order valence-corrected chi connectivity index (χ3v) is 6.00. The predicted octanol–water partition coefficient (Wildman–Crippen LogP) is 5.15. The van der Waals surface area contributed by atoms with E-state index in [0.29, 0.717) is 12.5 Å². The fourth-order valence-electron chi connectivity index (χ4n) is 3.91. The molecule has 0 bridgehead atoms.